The molecule has 0 saturated heterocycles. The highest BCUT2D eigenvalue weighted by Crippen LogP contribution is 2.37. The number of hydrogen-bond acceptors (Lipinski definition) is 6. The lowest BCUT2D eigenvalue weighted by Crippen LogP contribution is -2.19. The fraction of sp³-hybridized carbons (Fsp3) is 0.222. The summed E-state index contributed by atoms with van der Waals surface area (Å²) in [7, 11) is 0. The first-order valence-corrected chi connectivity index (χ1v) is 8.68. The fourth-order valence-electron chi connectivity index (χ4n) is 2.46. The van der Waals surface area contributed by atoms with Crippen molar-refractivity contribution in [2.75, 3.05) is 25.1 Å². The molecule has 25 heavy (non-hydrogen) atoms. The van der Waals surface area contributed by atoms with Gasteiger partial charge in [-0.3, -0.25) is 10.1 Å². The van der Waals surface area contributed by atoms with E-state index in [4.69, 9.17) is 14.2 Å². The predicted octanol–water partition coefficient (Wildman–Crippen LogP) is 3.39. The molecule has 1 amide bonds. The van der Waals surface area contributed by atoms with Gasteiger partial charge in [0.25, 0.3) is 5.91 Å². The first kappa shape index (κ1) is 15.7. The van der Waals surface area contributed by atoms with E-state index < -0.39 is 0 Å². The van der Waals surface area contributed by atoms with Crippen LogP contribution in [0, 0.1) is 6.92 Å². The second kappa shape index (κ2) is 6.60. The maximum absolute atomic E-state index is 12.1. The van der Waals surface area contributed by atoms with E-state index in [1.165, 1.54) is 11.3 Å². The number of nitrogens with zero attached hydrogens (tertiary/aromatic N) is 1. The van der Waals surface area contributed by atoms with Gasteiger partial charge in [-0.25, -0.2) is 4.98 Å². The number of nitrogens with one attached hydrogen (secondary N) is 1. The number of ether oxygens (including phenoxy) is 3. The standard InChI is InChI=1S/C18H16N2O4S/c1-11-2-4-12(5-3-11)24-10-17(21)20-18-19-13-8-14-15(9-16(13)25-18)23-7-6-22-14/h2-5,8-9H,6-7,10H2,1H3,(H,19,20,21). The summed E-state index contributed by atoms with van der Waals surface area (Å²) in [5.74, 6) is 1.80. The van der Waals surface area contributed by atoms with Crippen LogP contribution in [0.4, 0.5) is 5.13 Å². The van der Waals surface area contributed by atoms with Crippen molar-refractivity contribution in [1.29, 1.82) is 0 Å². The minimum Gasteiger partial charge on any atom is -0.486 e. The Morgan fingerprint density at radius 2 is 1.92 bits per heavy atom. The molecule has 0 atom stereocenters. The maximum Gasteiger partial charge on any atom is 0.264 e. The summed E-state index contributed by atoms with van der Waals surface area (Å²) < 4.78 is 17.5. The molecule has 1 N–H and O–H groups in total. The number of rotatable bonds is 4. The molecule has 1 aliphatic rings. The largest absolute Gasteiger partial charge is 0.486 e. The highest BCUT2D eigenvalue weighted by Gasteiger charge is 2.16. The lowest BCUT2D eigenvalue weighted by molar-refractivity contribution is -0.118. The van der Waals surface area contributed by atoms with E-state index in [0.29, 0.717) is 35.6 Å². The molecule has 0 fully saturated rings. The molecule has 0 saturated carbocycles. The van der Waals surface area contributed by atoms with Crippen LogP contribution >= 0.6 is 11.3 Å². The van der Waals surface area contributed by atoms with Crippen molar-refractivity contribution in [1.82, 2.24) is 4.98 Å². The van der Waals surface area contributed by atoms with E-state index in [0.717, 1.165) is 15.8 Å². The molecule has 1 aliphatic heterocycles. The summed E-state index contributed by atoms with van der Waals surface area (Å²) in [5, 5.41) is 3.29. The van der Waals surface area contributed by atoms with Crippen molar-refractivity contribution >= 4 is 32.6 Å². The van der Waals surface area contributed by atoms with Crippen LogP contribution < -0.4 is 19.5 Å². The van der Waals surface area contributed by atoms with Gasteiger partial charge in [0.05, 0.1) is 10.2 Å². The van der Waals surface area contributed by atoms with E-state index >= 15 is 0 Å². The number of thiazole rings is 1. The molecule has 1 aromatic heterocycles. The highest BCUT2D eigenvalue weighted by molar-refractivity contribution is 7.22. The van der Waals surface area contributed by atoms with Gasteiger partial charge in [-0.15, -0.1) is 0 Å². The summed E-state index contributed by atoms with van der Waals surface area (Å²) in [6.07, 6.45) is 0. The third-order valence-corrected chi connectivity index (χ3v) is 4.62. The van der Waals surface area contributed by atoms with Gasteiger partial charge < -0.3 is 14.2 Å². The zero-order valence-corrected chi connectivity index (χ0v) is 14.4. The molecule has 0 unspecified atom stereocenters. The molecule has 0 radical (unpaired) electrons. The lowest BCUT2D eigenvalue weighted by atomic mass is 10.2. The minimum absolute atomic E-state index is 0.0677. The number of benzene rings is 2. The molecule has 0 spiro atoms. The van der Waals surface area contributed by atoms with Crippen LogP contribution in [0.3, 0.4) is 0 Å². The molecule has 7 heteroatoms. The molecule has 6 nitrogen and oxygen atoms in total. The van der Waals surface area contributed by atoms with E-state index in [2.05, 4.69) is 10.3 Å². The average molecular weight is 356 g/mol. The van der Waals surface area contributed by atoms with Crippen molar-refractivity contribution in [3.63, 3.8) is 0 Å². The number of hydrogen-bond donors (Lipinski definition) is 1. The van der Waals surface area contributed by atoms with Crippen molar-refractivity contribution in [2.24, 2.45) is 0 Å². The molecular weight excluding hydrogens is 340 g/mol. The Morgan fingerprint density at radius 1 is 1.20 bits per heavy atom. The van der Waals surface area contributed by atoms with Crippen LogP contribution in [0.2, 0.25) is 0 Å². The minimum atomic E-state index is -0.253. The van der Waals surface area contributed by atoms with Crippen LogP contribution in [-0.4, -0.2) is 30.7 Å². The van der Waals surface area contributed by atoms with Crippen molar-refractivity contribution in [3.8, 4) is 17.2 Å². The van der Waals surface area contributed by atoms with Crippen LogP contribution in [0.25, 0.3) is 10.2 Å². The first-order chi connectivity index (χ1) is 12.2. The third kappa shape index (κ3) is 3.51. The molecular formula is C18H16N2O4S. The van der Waals surface area contributed by atoms with E-state index in [-0.39, 0.29) is 12.5 Å². The van der Waals surface area contributed by atoms with Gasteiger partial charge >= 0.3 is 0 Å². The number of aryl methyl sites for hydroxylation is 1. The Morgan fingerprint density at radius 3 is 2.68 bits per heavy atom. The number of aromatic nitrogens is 1. The predicted molar refractivity (Wildman–Crippen MR) is 95.9 cm³/mol. The SMILES string of the molecule is Cc1ccc(OCC(=O)Nc2nc3cc4c(cc3s2)OCCO4)cc1. The smallest absolute Gasteiger partial charge is 0.264 e. The second-order valence-electron chi connectivity index (χ2n) is 5.63. The van der Waals surface area contributed by atoms with Crippen molar-refractivity contribution < 1.29 is 19.0 Å². The topological polar surface area (TPSA) is 69.7 Å². The van der Waals surface area contributed by atoms with Gasteiger partial charge in [-0.1, -0.05) is 29.0 Å². The maximum atomic E-state index is 12.1. The Balaban J connectivity index is 1.43. The second-order valence-corrected chi connectivity index (χ2v) is 6.66. The van der Waals surface area contributed by atoms with E-state index in [9.17, 15) is 4.79 Å². The van der Waals surface area contributed by atoms with E-state index in [1.807, 2.05) is 43.3 Å². The van der Waals surface area contributed by atoms with Crippen LogP contribution in [0.5, 0.6) is 17.2 Å². The molecule has 128 valence electrons. The molecule has 0 bridgehead atoms. The van der Waals surface area contributed by atoms with E-state index in [1.54, 1.807) is 0 Å². The Kier molecular flexibility index (Phi) is 4.15. The van der Waals surface area contributed by atoms with Crippen molar-refractivity contribution in [3.05, 3.63) is 42.0 Å². The summed E-state index contributed by atoms with van der Waals surface area (Å²) in [4.78, 5) is 16.5. The zero-order chi connectivity index (χ0) is 17.2. The number of carbonyl (C=O) groups excluding carboxylic acids is 1. The summed E-state index contributed by atoms with van der Waals surface area (Å²) in [6, 6.07) is 11.3. The van der Waals surface area contributed by atoms with Crippen LogP contribution in [-0.2, 0) is 4.79 Å². The van der Waals surface area contributed by atoms with Gasteiger partial charge in [0.2, 0.25) is 0 Å². The lowest BCUT2D eigenvalue weighted by Gasteiger charge is -2.17. The molecule has 3 aromatic rings. The zero-order valence-electron chi connectivity index (χ0n) is 13.6. The first-order valence-electron chi connectivity index (χ1n) is 7.87. The van der Waals surface area contributed by atoms with Crippen LogP contribution in [0.1, 0.15) is 5.56 Å². The van der Waals surface area contributed by atoms with Gasteiger partial charge in [-0.2, -0.15) is 0 Å². The number of fused-ring (bicyclic) bond motifs is 2. The monoisotopic (exact) mass is 356 g/mol. The molecule has 0 aliphatic carbocycles. The molecule has 2 aromatic carbocycles. The summed E-state index contributed by atoms with van der Waals surface area (Å²) >= 11 is 1.39. The molecule has 4 rings (SSSR count). The summed E-state index contributed by atoms with van der Waals surface area (Å²) in [6.45, 7) is 3.00. The third-order valence-electron chi connectivity index (χ3n) is 3.69. The quantitative estimate of drug-likeness (QED) is 0.776. The van der Waals surface area contributed by atoms with Gasteiger partial charge in [0, 0.05) is 12.1 Å². The van der Waals surface area contributed by atoms with Gasteiger partial charge in [-0.05, 0) is 19.1 Å². The Bertz CT molecular complexity index is 878. The average Bonchev–Trinajstić information content (AvgIpc) is 3.00. The van der Waals surface area contributed by atoms with Gasteiger partial charge in [0.1, 0.15) is 19.0 Å². The normalized spacial score (nSPS) is 12.8. The number of amides is 1. The van der Waals surface area contributed by atoms with Gasteiger partial charge in [0.15, 0.2) is 23.2 Å². The van der Waals surface area contributed by atoms with Crippen LogP contribution in [0.15, 0.2) is 36.4 Å². The molecule has 2 heterocycles. The summed E-state index contributed by atoms with van der Waals surface area (Å²) in [5.41, 5.74) is 1.91. The Labute approximate surface area is 148 Å². The number of anilines is 1. The number of carbonyl (C=O) groups is 1. The fourth-order valence-corrected chi connectivity index (χ4v) is 3.35. The highest BCUT2D eigenvalue weighted by atomic mass is 32.1. The van der Waals surface area contributed by atoms with Crippen molar-refractivity contribution in [2.45, 2.75) is 6.92 Å². The Hall–Kier alpha value is -2.80.